The molecule has 0 atom stereocenters. The van der Waals surface area contributed by atoms with Gasteiger partial charge < -0.3 is 19.9 Å². The third-order valence-corrected chi connectivity index (χ3v) is 5.66. The van der Waals surface area contributed by atoms with Gasteiger partial charge >= 0.3 is 6.09 Å². The van der Waals surface area contributed by atoms with Crippen LogP contribution in [-0.2, 0) is 6.61 Å². The number of nitrogens with one attached hydrogen (secondary N) is 1. The van der Waals surface area contributed by atoms with Gasteiger partial charge in [0.1, 0.15) is 24.7 Å². The number of halogens is 3. The van der Waals surface area contributed by atoms with Gasteiger partial charge in [0.25, 0.3) is 0 Å². The lowest BCUT2D eigenvalue weighted by Gasteiger charge is -2.17. The molecule has 0 saturated heterocycles. The lowest BCUT2D eigenvalue weighted by atomic mass is 10.0. The minimum absolute atomic E-state index is 0.0268. The second kappa shape index (κ2) is 10.6. The Morgan fingerprint density at radius 1 is 0.971 bits per heavy atom. The Morgan fingerprint density at radius 3 is 2.50 bits per heavy atom. The Morgan fingerprint density at radius 2 is 1.76 bits per heavy atom. The lowest BCUT2D eigenvalue weighted by molar-refractivity contribution is 0.191. The molecule has 0 aliphatic rings. The smallest absolute Gasteiger partial charge is 0.404 e. The van der Waals surface area contributed by atoms with Gasteiger partial charge in [-0.25, -0.2) is 14.2 Å². The molecule has 1 amide bonds. The van der Waals surface area contributed by atoms with Crippen LogP contribution in [0.25, 0.3) is 22.0 Å². The van der Waals surface area contributed by atoms with Crippen molar-refractivity contribution in [1.82, 2.24) is 10.3 Å². The van der Waals surface area contributed by atoms with Gasteiger partial charge in [0, 0.05) is 10.9 Å². The largest absolute Gasteiger partial charge is 0.489 e. The van der Waals surface area contributed by atoms with Crippen LogP contribution in [0.2, 0.25) is 10.0 Å². The molecule has 1 aromatic heterocycles. The van der Waals surface area contributed by atoms with Crippen molar-refractivity contribution in [3.8, 4) is 22.9 Å². The minimum atomic E-state index is -1.16. The predicted octanol–water partition coefficient (Wildman–Crippen LogP) is 6.57. The van der Waals surface area contributed by atoms with Crippen LogP contribution >= 0.6 is 23.2 Å². The molecule has 0 saturated carbocycles. The van der Waals surface area contributed by atoms with Crippen molar-refractivity contribution in [1.29, 1.82) is 0 Å². The van der Waals surface area contributed by atoms with Gasteiger partial charge in [0.15, 0.2) is 5.75 Å². The number of amides is 1. The number of hydrogen-bond donors (Lipinski definition) is 2. The van der Waals surface area contributed by atoms with Crippen LogP contribution in [-0.4, -0.2) is 29.3 Å². The number of rotatable bonds is 8. The fourth-order valence-electron chi connectivity index (χ4n) is 3.36. The highest BCUT2D eigenvalue weighted by Gasteiger charge is 2.19. The number of aromatic nitrogens is 1. The van der Waals surface area contributed by atoms with Gasteiger partial charge in [-0.3, -0.25) is 0 Å². The molecule has 0 fully saturated rings. The Balaban J connectivity index is 1.82. The van der Waals surface area contributed by atoms with Gasteiger partial charge in [-0.15, -0.1) is 0 Å². The Labute approximate surface area is 204 Å². The van der Waals surface area contributed by atoms with E-state index >= 15 is 0 Å². The molecule has 1 heterocycles. The van der Waals surface area contributed by atoms with Crippen LogP contribution in [0.4, 0.5) is 9.18 Å². The van der Waals surface area contributed by atoms with Crippen LogP contribution in [0.5, 0.6) is 11.6 Å². The minimum Gasteiger partial charge on any atom is -0.489 e. The maximum absolute atomic E-state index is 14.2. The van der Waals surface area contributed by atoms with E-state index in [1.54, 1.807) is 24.3 Å². The van der Waals surface area contributed by atoms with Crippen LogP contribution < -0.4 is 14.8 Å². The van der Waals surface area contributed by atoms with Crippen molar-refractivity contribution in [2.24, 2.45) is 0 Å². The third kappa shape index (κ3) is 5.50. The Kier molecular flexibility index (Phi) is 7.35. The van der Waals surface area contributed by atoms with Gasteiger partial charge in [0.05, 0.1) is 22.0 Å². The summed E-state index contributed by atoms with van der Waals surface area (Å²) in [5.41, 5.74) is 1.92. The first-order valence-electron chi connectivity index (χ1n) is 10.3. The highest BCUT2D eigenvalue weighted by atomic mass is 35.5. The van der Waals surface area contributed by atoms with Gasteiger partial charge in [-0.1, -0.05) is 59.6 Å². The van der Waals surface area contributed by atoms with E-state index in [1.165, 1.54) is 12.1 Å². The second-order valence-corrected chi connectivity index (χ2v) is 8.08. The summed E-state index contributed by atoms with van der Waals surface area (Å²) >= 11 is 12.3. The summed E-state index contributed by atoms with van der Waals surface area (Å²) in [5.74, 6) is 0.0997. The molecule has 6 nitrogen and oxygen atoms in total. The molecule has 34 heavy (non-hydrogen) atoms. The zero-order chi connectivity index (χ0) is 24.1. The first-order valence-corrected chi connectivity index (χ1v) is 11.0. The molecule has 0 unspecified atom stereocenters. The Hall–Kier alpha value is -3.55. The molecule has 0 spiro atoms. The first kappa shape index (κ1) is 23.6. The van der Waals surface area contributed by atoms with E-state index in [0.29, 0.717) is 37.8 Å². The molecule has 0 radical (unpaired) electrons. The molecule has 0 bridgehead atoms. The fourth-order valence-corrected chi connectivity index (χ4v) is 3.66. The normalized spacial score (nSPS) is 10.8. The highest BCUT2D eigenvalue weighted by Crippen LogP contribution is 2.41. The standard InChI is InChI=1S/C25H19Cl2FN2O4/c26-20-9-6-16(12-21(20)27)22-23(33-11-10-29-25(31)32)18-8-7-17(28)13-19(18)24(30-22)34-14-15-4-2-1-3-5-15/h1-9,12-13,29H,10-11,14H2,(H,31,32). The molecule has 0 aliphatic heterocycles. The maximum atomic E-state index is 14.2. The van der Waals surface area contributed by atoms with Crippen LogP contribution in [0.1, 0.15) is 5.56 Å². The molecular formula is C25H19Cl2FN2O4. The van der Waals surface area contributed by atoms with Gasteiger partial charge in [0.2, 0.25) is 5.88 Å². The number of benzene rings is 3. The quantitative estimate of drug-likeness (QED) is 0.267. The zero-order valence-corrected chi connectivity index (χ0v) is 19.2. The van der Waals surface area contributed by atoms with E-state index in [0.717, 1.165) is 5.56 Å². The van der Waals surface area contributed by atoms with Crippen molar-refractivity contribution >= 4 is 40.1 Å². The predicted molar refractivity (Wildman–Crippen MR) is 129 cm³/mol. The molecule has 0 aliphatic carbocycles. The zero-order valence-electron chi connectivity index (χ0n) is 17.7. The molecule has 3 aromatic carbocycles. The summed E-state index contributed by atoms with van der Waals surface area (Å²) in [6, 6.07) is 18.7. The average Bonchev–Trinajstić information content (AvgIpc) is 2.83. The van der Waals surface area contributed by atoms with Crippen molar-refractivity contribution < 1.29 is 23.8 Å². The van der Waals surface area contributed by atoms with E-state index in [1.807, 2.05) is 30.3 Å². The molecule has 9 heteroatoms. The maximum Gasteiger partial charge on any atom is 0.404 e. The van der Waals surface area contributed by atoms with Crippen LogP contribution in [0.15, 0.2) is 66.7 Å². The third-order valence-electron chi connectivity index (χ3n) is 4.92. The number of ether oxygens (including phenoxy) is 2. The van der Waals surface area contributed by atoms with E-state index in [4.69, 9.17) is 37.8 Å². The second-order valence-electron chi connectivity index (χ2n) is 7.27. The number of pyridine rings is 1. The summed E-state index contributed by atoms with van der Waals surface area (Å²) in [6.07, 6.45) is -1.16. The number of nitrogens with zero attached hydrogens (tertiary/aromatic N) is 1. The first-order chi connectivity index (χ1) is 16.4. The molecule has 174 valence electrons. The van der Waals surface area contributed by atoms with E-state index < -0.39 is 11.9 Å². The molecule has 4 rings (SSSR count). The lowest BCUT2D eigenvalue weighted by Crippen LogP contribution is -2.26. The summed E-state index contributed by atoms with van der Waals surface area (Å²) in [7, 11) is 0. The summed E-state index contributed by atoms with van der Waals surface area (Å²) in [5, 5.41) is 12.7. The summed E-state index contributed by atoms with van der Waals surface area (Å²) in [4.78, 5) is 15.4. The fraction of sp³-hybridized carbons (Fsp3) is 0.120. The SMILES string of the molecule is O=C(O)NCCOc1c(-c2ccc(Cl)c(Cl)c2)nc(OCc2ccccc2)c2cc(F)ccc12. The van der Waals surface area contributed by atoms with Crippen LogP contribution in [0, 0.1) is 5.82 Å². The number of fused-ring (bicyclic) bond motifs is 1. The molecular weight excluding hydrogens is 482 g/mol. The van der Waals surface area contributed by atoms with Gasteiger partial charge in [-0.2, -0.15) is 0 Å². The van der Waals surface area contributed by atoms with E-state index in [9.17, 15) is 9.18 Å². The number of carbonyl (C=O) groups is 1. The van der Waals surface area contributed by atoms with E-state index in [-0.39, 0.29) is 25.6 Å². The van der Waals surface area contributed by atoms with Crippen molar-refractivity contribution in [3.63, 3.8) is 0 Å². The van der Waals surface area contributed by atoms with E-state index in [2.05, 4.69) is 10.3 Å². The summed E-state index contributed by atoms with van der Waals surface area (Å²) in [6.45, 7) is 0.299. The number of hydrogen-bond acceptors (Lipinski definition) is 4. The average molecular weight is 501 g/mol. The monoisotopic (exact) mass is 500 g/mol. The molecule has 2 N–H and O–H groups in total. The summed E-state index contributed by atoms with van der Waals surface area (Å²) < 4.78 is 26.1. The number of carboxylic acid groups (broad SMARTS) is 1. The Bertz CT molecular complexity index is 1340. The van der Waals surface area contributed by atoms with Gasteiger partial charge in [-0.05, 0) is 35.9 Å². The van der Waals surface area contributed by atoms with Crippen LogP contribution in [0.3, 0.4) is 0 Å². The highest BCUT2D eigenvalue weighted by molar-refractivity contribution is 6.42. The van der Waals surface area contributed by atoms with Crippen molar-refractivity contribution in [3.05, 3.63) is 88.2 Å². The molecule has 4 aromatic rings. The van der Waals surface area contributed by atoms with Crippen molar-refractivity contribution in [2.75, 3.05) is 13.2 Å². The van der Waals surface area contributed by atoms with Crippen molar-refractivity contribution in [2.45, 2.75) is 6.61 Å². The topological polar surface area (TPSA) is 80.7 Å².